The number of benzene rings is 2. The maximum Gasteiger partial charge on any atom is 0.231 e. The molecule has 0 fully saturated rings. The van der Waals surface area contributed by atoms with E-state index in [9.17, 15) is 5.11 Å². The van der Waals surface area contributed by atoms with Crippen LogP contribution in [0.3, 0.4) is 0 Å². The number of ether oxygens (including phenoxy) is 2. The van der Waals surface area contributed by atoms with Gasteiger partial charge in [0.15, 0.2) is 11.5 Å². The van der Waals surface area contributed by atoms with E-state index in [0.29, 0.717) is 16.7 Å². The Morgan fingerprint density at radius 3 is 2.48 bits per heavy atom. The first-order valence-electron chi connectivity index (χ1n) is 7.64. The van der Waals surface area contributed by atoms with Gasteiger partial charge in [-0.2, -0.15) is 0 Å². The predicted octanol–water partition coefficient (Wildman–Crippen LogP) is 5.02. The van der Waals surface area contributed by atoms with E-state index >= 15 is 0 Å². The first kappa shape index (κ1) is 15.8. The number of hydrogen-bond donors (Lipinski definition) is 1. The van der Waals surface area contributed by atoms with Gasteiger partial charge < -0.3 is 14.6 Å². The summed E-state index contributed by atoms with van der Waals surface area (Å²) in [6.07, 6.45) is 4.21. The molecule has 1 unspecified atom stereocenters. The summed E-state index contributed by atoms with van der Waals surface area (Å²) in [6, 6.07) is 13.7. The molecule has 0 aliphatic carbocycles. The molecule has 1 aliphatic heterocycles. The van der Waals surface area contributed by atoms with Crippen molar-refractivity contribution in [1.29, 1.82) is 0 Å². The molecule has 1 N–H and O–H groups in total. The molecule has 0 bridgehead atoms. The topological polar surface area (TPSA) is 38.7 Å². The predicted molar refractivity (Wildman–Crippen MR) is 95.2 cm³/mol. The van der Waals surface area contributed by atoms with E-state index in [1.165, 1.54) is 0 Å². The highest BCUT2D eigenvalue weighted by Crippen LogP contribution is 2.45. The summed E-state index contributed by atoms with van der Waals surface area (Å²) in [7, 11) is 0. The Labute approximate surface area is 140 Å². The molecule has 1 atom stereocenters. The fraction of sp³-hybridized carbons (Fsp3) is 0.263. The zero-order valence-electron chi connectivity index (χ0n) is 13.2. The minimum Gasteiger partial charge on any atom is -0.507 e. The highest BCUT2D eigenvalue weighted by molar-refractivity contribution is 8.00. The van der Waals surface area contributed by atoms with Crippen LogP contribution < -0.4 is 9.47 Å². The van der Waals surface area contributed by atoms with E-state index in [1.807, 2.05) is 24.3 Å². The van der Waals surface area contributed by atoms with Gasteiger partial charge in [-0.15, -0.1) is 11.8 Å². The monoisotopic (exact) mass is 328 g/mol. The summed E-state index contributed by atoms with van der Waals surface area (Å²) in [4.78, 5) is 0. The van der Waals surface area contributed by atoms with E-state index in [2.05, 4.69) is 38.1 Å². The third kappa shape index (κ3) is 3.82. The first-order chi connectivity index (χ1) is 11.1. The number of phenolic OH excluding ortho intramolecular Hbond substituents is 1. The summed E-state index contributed by atoms with van der Waals surface area (Å²) in [5.41, 5.74) is 1.99. The molecular weight excluding hydrogens is 308 g/mol. The summed E-state index contributed by atoms with van der Waals surface area (Å²) in [6.45, 7) is 4.51. The highest BCUT2D eigenvalue weighted by atomic mass is 32.2. The average molecular weight is 328 g/mol. The minimum absolute atomic E-state index is 0.0460. The lowest BCUT2D eigenvalue weighted by Gasteiger charge is -2.17. The largest absolute Gasteiger partial charge is 0.507 e. The van der Waals surface area contributed by atoms with Gasteiger partial charge in [-0.05, 0) is 16.9 Å². The smallest absolute Gasteiger partial charge is 0.231 e. The van der Waals surface area contributed by atoms with Crippen LogP contribution in [-0.4, -0.2) is 17.1 Å². The Kier molecular flexibility index (Phi) is 4.82. The molecular formula is C19H20O3S. The Balaban J connectivity index is 1.91. The van der Waals surface area contributed by atoms with Gasteiger partial charge in [-0.3, -0.25) is 0 Å². The van der Waals surface area contributed by atoms with E-state index in [0.717, 1.165) is 11.1 Å². The van der Waals surface area contributed by atoms with Crippen molar-refractivity contribution in [2.45, 2.75) is 24.3 Å². The van der Waals surface area contributed by atoms with Crippen molar-refractivity contribution in [1.82, 2.24) is 0 Å². The number of fused-ring (bicyclic) bond motifs is 1. The molecule has 3 rings (SSSR count). The molecule has 23 heavy (non-hydrogen) atoms. The summed E-state index contributed by atoms with van der Waals surface area (Å²) in [5, 5.41) is 10.9. The van der Waals surface area contributed by atoms with Crippen LogP contribution in [0.1, 0.15) is 30.2 Å². The van der Waals surface area contributed by atoms with Crippen molar-refractivity contribution < 1.29 is 14.6 Å². The Hall–Kier alpha value is -2.07. The third-order valence-corrected chi connectivity index (χ3v) is 4.76. The summed E-state index contributed by atoms with van der Waals surface area (Å²) >= 11 is 1.79. The first-order valence-corrected chi connectivity index (χ1v) is 8.59. The molecule has 0 spiro atoms. The molecule has 120 valence electrons. The van der Waals surface area contributed by atoms with Crippen LogP contribution in [0.15, 0.2) is 48.5 Å². The number of rotatable bonds is 5. The third-order valence-electron chi connectivity index (χ3n) is 3.51. The molecule has 4 heteroatoms. The van der Waals surface area contributed by atoms with E-state index in [4.69, 9.17) is 9.47 Å². The molecule has 0 radical (unpaired) electrons. The SMILES string of the molecule is CC(C)SC(/C=C/c1ccccc1)c1cc2c(cc1O)OCO2. The second-order valence-corrected chi connectivity index (χ2v) is 7.36. The van der Waals surface area contributed by atoms with Gasteiger partial charge in [0.2, 0.25) is 6.79 Å². The second kappa shape index (κ2) is 7.01. The van der Waals surface area contributed by atoms with Crippen molar-refractivity contribution in [2.24, 2.45) is 0 Å². The molecule has 0 saturated heterocycles. The number of hydrogen-bond acceptors (Lipinski definition) is 4. The fourth-order valence-corrected chi connectivity index (χ4v) is 3.54. The van der Waals surface area contributed by atoms with Crippen LogP contribution in [0.5, 0.6) is 17.2 Å². The van der Waals surface area contributed by atoms with Crippen molar-refractivity contribution >= 4 is 17.8 Å². The maximum absolute atomic E-state index is 10.4. The lowest BCUT2D eigenvalue weighted by Crippen LogP contribution is -1.97. The Morgan fingerprint density at radius 2 is 1.78 bits per heavy atom. The van der Waals surface area contributed by atoms with Crippen LogP contribution in [0, 0.1) is 0 Å². The van der Waals surface area contributed by atoms with Crippen molar-refractivity contribution in [3.05, 3.63) is 59.7 Å². The van der Waals surface area contributed by atoms with E-state index in [-0.39, 0.29) is 17.8 Å². The van der Waals surface area contributed by atoms with Crippen molar-refractivity contribution in [3.8, 4) is 17.2 Å². The minimum atomic E-state index is 0.0460. The van der Waals surface area contributed by atoms with Gasteiger partial charge in [-0.1, -0.05) is 56.3 Å². The number of thioether (sulfide) groups is 1. The normalized spacial score (nSPS) is 14.6. The van der Waals surface area contributed by atoms with Crippen LogP contribution in [0.4, 0.5) is 0 Å². The molecule has 1 heterocycles. The lowest BCUT2D eigenvalue weighted by molar-refractivity contribution is 0.174. The molecule has 0 aromatic heterocycles. The van der Waals surface area contributed by atoms with Crippen molar-refractivity contribution in [2.75, 3.05) is 6.79 Å². The van der Waals surface area contributed by atoms with Gasteiger partial charge in [0.05, 0.1) is 5.25 Å². The molecule has 0 saturated carbocycles. The molecule has 0 amide bonds. The zero-order chi connectivity index (χ0) is 16.2. The highest BCUT2D eigenvalue weighted by Gasteiger charge is 2.22. The fourth-order valence-electron chi connectivity index (χ4n) is 2.45. The van der Waals surface area contributed by atoms with Gasteiger partial charge >= 0.3 is 0 Å². The zero-order valence-corrected chi connectivity index (χ0v) is 14.0. The van der Waals surface area contributed by atoms with Crippen LogP contribution >= 0.6 is 11.8 Å². The molecule has 3 nitrogen and oxygen atoms in total. The lowest BCUT2D eigenvalue weighted by atomic mass is 10.1. The van der Waals surface area contributed by atoms with Gasteiger partial charge in [0.25, 0.3) is 0 Å². The van der Waals surface area contributed by atoms with E-state index < -0.39 is 0 Å². The van der Waals surface area contributed by atoms with Crippen LogP contribution in [0.2, 0.25) is 0 Å². The van der Waals surface area contributed by atoms with Gasteiger partial charge in [0, 0.05) is 11.6 Å². The molecule has 2 aromatic carbocycles. The maximum atomic E-state index is 10.4. The average Bonchev–Trinajstić information content (AvgIpc) is 2.98. The standard InChI is InChI=1S/C19H20O3S/c1-13(2)23-19(9-8-14-6-4-3-5-7-14)15-10-17-18(11-16(15)20)22-12-21-17/h3-11,13,19-20H,12H2,1-2H3/b9-8+. The Bertz CT molecular complexity index is 695. The molecule has 2 aromatic rings. The van der Waals surface area contributed by atoms with Gasteiger partial charge in [-0.25, -0.2) is 0 Å². The van der Waals surface area contributed by atoms with E-state index in [1.54, 1.807) is 17.8 Å². The van der Waals surface area contributed by atoms with Crippen LogP contribution in [0.25, 0.3) is 6.08 Å². The quantitative estimate of drug-likeness (QED) is 0.836. The Morgan fingerprint density at radius 1 is 1.09 bits per heavy atom. The number of aromatic hydroxyl groups is 1. The molecule has 1 aliphatic rings. The second-order valence-electron chi connectivity index (χ2n) is 5.64. The van der Waals surface area contributed by atoms with Crippen molar-refractivity contribution in [3.63, 3.8) is 0 Å². The van der Waals surface area contributed by atoms with Gasteiger partial charge in [0.1, 0.15) is 5.75 Å². The number of phenols is 1. The summed E-state index contributed by atoms with van der Waals surface area (Å²) < 4.78 is 10.8. The summed E-state index contributed by atoms with van der Waals surface area (Å²) in [5.74, 6) is 1.54. The van der Waals surface area contributed by atoms with Crippen LogP contribution in [-0.2, 0) is 0 Å².